The Bertz CT molecular complexity index is 743. The zero-order valence-electron chi connectivity index (χ0n) is 15.0. The van der Waals surface area contributed by atoms with E-state index in [1.807, 2.05) is 35.2 Å². The van der Waals surface area contributed by atoms with Crippen LogP contribution < -0.4 is 14.4 Å². The molecule has 2 aromatic carbocycles. The molecule has 1 aliphatic rings. The first kappa shape index (κ1) is 18.4. The summed E-state index contributed by atoms with van der Waals surface area (Å²) in [6.07, 6.45) is -0.541. The van der Waals surface area contributed by atoms with Gasteiger partial charge in [0, 0.05) is 36.9 Å². The number of halogens is 1. The molecule has 1 heterocycles. The van der Waals surface area contributed by atoms with Gasteiger partial charge in [0.05, 0.1) is 7.11 Å². The standard InChI is InChI=1S/C20H23ClN2O3/c1-15(26-19-5-3-4-16(21)14-19)20(24)23-12-10-22(11-13-23)17-6-8-18(25-2)9-7-17/h3-9,14-15H,10-13H2,1-2H3/t15-/m0/s1. The van der Waals surface area contributed by atoms with Crippen LogP contribution in [0.3, 0.4) is 0 Å². The highest BCUT2D eigenvalue weighted by atomic mass is 35.5. The minimum absolute atomic E-state index is 0.000596. The van der Waals surface area contributed by atoms with Crippen molar-refractivity contribution in [2.75, 3.05) is 38.2 Å². The number of hydrogen-bond donors (Lipinski definition) is 0. The Morgan fingerprint density at radius 1 is 1.04 bits per heavy atom. The van der Waals surface area contributed by atoms with Crippen molar-refractivity contribution in [2.24, 2.45) is 0 Å². The molecule has 1 fully saturated rings. The van der Waals surface area contributed by atoms with E-state index in [-0.39, 0.29) is 5.91 Å². The fraction of sp³-hybridized carbons (Fsp3) is 0.350. The Morgan fingerprint density at radius 3 is 2.35 bits per heavy atom. The molecule has 1 saturated heterocycles. The first-order valence-corrected chi connectivity index (χ1v) is 9.04. The summed E-state index contributed by atoms with van der Waals surface area (Å²) in [5.74, 6) is 1.45. The van der Waals surface area contributed by atoms with Gasteiger partial charge in [0.2, 0.25) is 0 Å². The van der Waals surface area contributed by atoms with Crippen LogP contribution in [0, 0.1) is 0 Å². The van der Waals surface area contributed by atoms with Crippen LogP contribution in [0.1, 0.15) is 6.92 Å². The van der Waals surface area contributed by atoms with Gasteiger partial charge in [0.25, 0.3) is 5.91 Å². The summed E-state index contributed by atoms with van der Waals surface area (Å²) < 4.78 is 10.9. The number of hydrogen-bond acceptors (Lipinski definition) is 4. The van der Waals surface area contributed by atoms with Gasteiger partial charge in [0.15, 0.2) is 6.10 Å². The maximum atomic E-state index is 12.6. The fourth-order valence-electron chi connectivity index (χ4n) is 3.03. The molecule has 5 nitrogen and oxygen atoms in total. The topological polar surface area (TPSA) is 42.0 Å². The van der Waals surface area contributed by atoms with Crippen molar-refractivity contribution in [3.05, 3.63) is 53.6 Å². The van der Waals surface area contributed by atoms with Crippen LogP contribution in [0.25, 0.3) is 0 Å². The van der Waals surface area contributed by atoms with Crippen LogP contribution in [-0.2, 0) is 4.79 Å². The summed E-state index contributed by atoms with van der Waals surface area (Å²) in [7, 11) is 1.66. The van der Waals surface area contributed by atoms with Crippen molar-refractivity contribution >= 4 is 23.2 Å². The SMILES string of the molecule is COc1ccc(N2CCN(C(=O)[C@H](C)Oc3cccc(Cl)c3)CC2)cc1. The van der Waals surface area contributed by atoms with Crippen LogP contribution in [0.2, 0.25) is 5.02 Å². The number of rotatable bonds is 5. The first-order chi connectivity index (χ1) is 12.6. The lowest BCUT2D eigenvalue weighted by molar-refractivity contribution is -0.138. The molecule has 0 N–H and O–H groups in total. The van der Waals surface area contributed by atoms with Crippen molar-refractivity contribution < 1.29 is 14.3 Å². The van der Waals surface area contributed by atoms with E-state index in [0.29, 0.717) is 23.9 Å². The molecule has 6 heteroatoms. The van der Waals surface area contributed by atoms with E-state index < -0.39 is 6.10 Å². The summed E-state index contributed by atoms with van der Waals surface area (Å²) in [6.45, 7) is 4.71. The normalized spacial score (nSPS) is 15.5. The summed E-state index contributed by atoms with van der Waals surface area (Å²) in [5, 5.41) is 0.593. The lowest BCUT2D eigenvalue weighted by Gasteiger charge is -2.37. The van der Waals surface area contributed by atoms with Gasteiger partial charge in [-0.1, -0.05) is 17.7 Å². The quantitative estimate of drug-likeness (QED) is 0.803. The highest BCUT2D eigenvalue weighted by Gasteiger charge is 2.26. The zero-order chi connectivity index (χ0) is 18.5. The monoisotopic (exact) mass is 374 g/mol. The third-order valence-corrected chi connectivity index (χ3v) is 4.72. The minimum atomic E-state index is -0.541. The van der Waals surface area contributed by atoms with Crippen molar-refractivity contribution in [3.8, 4) is 11.5 Å². The van der Waals surface area contributed by atoms with E-state index in [1.54, 1.807) is 32.2 Å². The van der Waals surface area contributed by atoms with Crippen molar-refractivity contribution in [3.63, 3.8) is 0 Å². The van der Waals surface area contributed by atoms with Crippen LogP contribution in [-0.4, -0.2) is 50.2 Å². The molecule has 0 unspecified atom stereocenters. The number of benzene rings is 2. The van der Waals surface area contributed by atoms with Crippen molar-refractivity contribution in [2.45, 2.75) is 13.0 Å². The average Bonchev–Trinajstić information content (AvgIpc) is 2.67. The third kappa shape index (κ3) is 4.41. The molecule has 3 rings (SSSR count). The molecule has 138 valence electrons. The predicted octanol–water partition coefficient (Wildman–Crippen LogP) is 3.46. The molecule has 1 amide bonds. The Kier molecular flexibility index (Phi) is 5.89. The maximum Gasteiger partial charge on any atom is 0.263 e. The Hall–Kier alpha value is -2.40. The predicted molar refractivity (Wildman–Crippen MR) is 103 cm³/mol. The van der Waals surface area contributed by atoms with E-state index in [1.165, 1.54) is 0 Å². The Balaban J connectivity index is 1.54. The summed E-state index contributed by atoms with van der Waals surface area (Å²) in [5.41, 5.74) is 1.14. The molecular weight excluding hydrogens is 352 g/mol. The van der Waals surface area contributed by atoms with Crippen LogP contribution >= 0.6 is 11.6 Å². The molecule has 0 bridgehead atoms. The first-order valence-electron chi connectivity index (χ1n) is 8.67. The Labute approximate surface area is 159 Å². The van der Waals surface area contributed by atoms with Gasteiger partial charge in [-0.25, -0.2) is 0 Å². The smallest absolute Gasteiger partial charge is 0.263 e. The van der Waals surface area contributed by atoms with E-state index >= 15 is 0 Å². The lowest BCUT2D eigenvalue weighted by atomic mass is 10.2. The number of carbonyl (C=O) groups excluding carboxylic acids is 1. The molecule has 26 heavy (non-hydrogen) atoms. The average molecular weight is 375 g/mol. The van der Waals surface area contributed by atoms with Crippen LogP contribution in [0.4, 0.5) is 5.69 Å². The molecule has 0 aliphatic carbocycles. The molecule has 0 aromatic heterocycles. The Morgan fingerprint density at radius 2 is 1.73 bits per heavy atom. The minimum Gasteiger partial charge on any atom is -0.497 e. The van der Waals surface area contributed by atoms with Gasteiger partial charge < -0.3 is 19.3 Å². The van der Waals surface area contributed by atoms with Crippen molar-refractivity contribution in [1.29, 1.82) is 0 Å². The van der Waals surface area contributed by atoms with Gasteiger partial charge >= 0.3 is 0 Å². The molecule has 0 saturated carbocycles. The summed E-state index contributed by atoms with van der Waals surface area (Å²) in [4.78, 5) is 16.8. The number of anilines is 1. The second-order valence-corrected chi connectivity index (χ2v) is 6.66. The number of carbonyl (C=O) groups is 1. The number of nitrogens with zero attached hydrogens (tertiary/aromatic N) is 2. The van der Waals surface area contributed by atoms with Gasteiger partial charge in [-0.05, 0) is 49.4 Å². The van der Waals surface area contributed by atoms with Gasteiger partial charge in [-0.15, -0.1) is 0 Å². The number of piperazine rings is 1. The zero-order valence-corrected chi connectivity index (χ0v) is 15.8. The summed E-state index contributed by atoms with van der Waals surface area (Å²) in [6, 6.07) is 15.1. The van der Waals surface area contributed by atoms with Gasteiger partial charge in [-0.3, -0.25) is 4.79 Å². The second kappa shape index (κ2) is 8.32. The van der Waals surface area contributed by atoms with Gasteiger partial charge in [0.1, 0.15) is 11.5 Å². The van der Waals surface area contributed by atoms with E-state index in [4.69, 9.17) is 21.1 Å². The molecule has 0 radical (unpaired) electrons. The fourth-order valence-corrected chi connectivity index (χ4v) is 3.21. The maximum absolute atomic E-state index is 12.6. The van der Waals surface area contributed by atoms with Gasteiger partial charge in [-0.2, -0.15) is 0 Å². The lowest BCUT2D eigenvalue weighted by Crippen LogP contribution is -2.52. The number of amides is 1. The molecule has 1 atom stereocenters. The molecule has 2 aromatic rings. The van der Waals surface area contributed by atoms with Crippen LogP contribution in [0.15, 0.2) is 48.5 Å². The van der Waals surface area contributed by atoms with E-state index in [9.17, 15) is 4.79 Å². The number of methoxy groups -OCH3 is 1. The largest absolute Gasteiger partial charge is 0.497 e. The molecule has 0 spiro atoms. The second-order valence-electron chi connectivity index (χ2n) is 6.23. The number of ether oxygens (including phenoxy) is 2. The highest BCUT2D eigenvalue weighted by Crippen LogP contribution is 2.22. The summed E-state index contributed by atoms with van der Waals surface area (Å²) >= 11 is 5.96. The highest BCUT2D eigenvalue weighted by molar-refractivity contribution is 6.30. The van der Waals surface area contributed by atoms with Crippen molar-refractivity contribution in [1.82, 2.24) is 4.90 Å². The molecular formula is C20H23ClN2O3. The van der Waals surface area contributed by atoms with Crippen LogP contribution in [0.5, 0.6) is 11.5 Å². The van der Waals surface area contributed by atoms with E-state index in [2.05, 4.69) is 4.90 Å². The van der Waals surface area contributed by atoms with E-state index in [0.717, 1.165) is 24.5 Å². The third-order valence-electron chi connectivity index (χ3n) is 4.49. The molecule has 1 aliphatic heterocycles.